The molecule has 3 rings (SSSR count). The van der Waals surface area contributed by atoms with E-state index in [4.69, 9.17) is 0 Å². The monoisotopic (exact) mass is 331 g/mol. The minimum absolute atomic E-state index is 0.471. The van der Waals surface area contributed by atoms with E-state index in [-0.39, 0.29) is 0 Å². The van der Waals surface area contributed by atoms with Crippen molar-refractivity contribution in [2.75, 3.05) is 0 Å². The van der Waals surface area contributed by atoms with Gasteiger partial charge in [-0.05, 0) is 28.7 Å². The van der Waals surface area contributed by atoms with E-state index in [2.05, 4.69) is 29.6 Å². The number of benzene rings is 3. The molecule has 126 valence electrons. The van der Waals surface area contributed by atoms with Gasteiger partial charge in [0, 0.05) is 6.54 Å². The Bertz CT molecular complexity index is 798. The van der Waals surface area contributed by atoms with Gasteiger partial charge in [0.15, 0.2) is 0 Å². The van der Waals surface area contributed by atoms with Crippen LogP contribution >= 0.6 is 0 Å². The molecule has 3 aromatic carbocycles. The Labute approximate surface area is 148 Å². The maximum absolute atomic E-state index is 11.5. The fourth-order valence-corrected chi connectivity index (χ4v) is 2.78. The van der Waals surface area contributed by atoms with Gasteiger partial charge in [-0.15, -0.1) is 0 Å². The molecule has 0 aliphatic carbocycles. The van der Waals surface area contributed by atoms with Crippen LogP contribution in [0.25, 0.3) is 11.1 Å². The first-order valence-corrected chi connectivity index (χ1v) is 8.37. The van der Waals surface area contributed by atoms with Gasteiger partial charge in [-0.3, -0.25) is 4.79 Å². The predicted octanol–water partition coefficient (Wildman–Crippen LogP) is 4.14. The molecule has 0 aliphatic heterocycles. The number of carboxylic acid groups (broad SMARTS) is 1. The highest BCUT2D eigenvalue weighted by atomic mass is 16.4. The second-order valence-corrected chi connectivity index (χ2v) is 6.02. The third-order valence-electron chi connectivity index (χ3n) is 4.19. The summed E-state index contributed by atoms with van der Waals surface area (Å²) in [4.78, 5) is 11.5. The van der Waals surface area contributed by atoms with Gasteiger partial charge < -0.3 is 10.4 Å². The normalized spacial score (nSPS) is 11.8. The molecule has 0 bridgehead atoms. The zero-order valence-electron chi connectivity index (χ0n) is 13.9. The Kier molecular flexibility index (Phi) is 5.60. The van der Waals surface area contributed by atoms with Gasteiger partial charge in [-0.2, -0.15) is 0 Å². The lowest BCUT2D eigenvalue weighted by Gasteiger charge is -2.15. The van der Waals surface area contributed by atoms with Crippen molar-refractivity contribution in [1.82, 2.24) is 5.32 Å². The Balaban J connectivity index is 1.62. The molecule has 1 unspecified atom stereocenters. The lowest BCUT2D eigenvalue weighted by Crippen LogP contribution is -2.38. The lowest BCUT2D eigenvalue weighted by molar-refractivity contribution is -0.139. The first-order valence-electron chi connectivity index (χ1n) is 8.37. The summed E-state index contributed by atoms with van der Waals surface area (Å²) in [6.07, 6.45) is 0.471. The second-order valence-electron chi connectivity index (χ2n) is 6.02. The van der Waals surface area contributed by atoms with Gasteiger partial charge >= 0.3 is 5.97 Å². The molecule has 0 saturated heterocycles. The minimum Gasteiger partial charge on any atom is -0.480 e. The summed E-state index contributed by atoms with van der Waals surface area (Å²) in [5.41, 5.74) is 4.42. The van der Waals surface area contributed by atoms with Gasteiger partial charge in [-0.1, -0.05) is 84.9 Å². The van der Waals surface area contributed by atoms with Crippen LogP contribution in [-0.2, 0) is 17.8 Å². The van der Waals surface area contributed by atoms with E-state index >= 15 is 0 Å². The van der Waals surface area contributed by atoms with Crippen molar-refractivity contribution in [1.29, 1.82) is 0 Å². The van der Waals surface area contributed by atoms with E-state index in [1.165, 1.54) is 5.56 Å². The smallest absolute Gasteiger partial charge is 0.321 e. The Hall–Kier alpha value is -2.91. The minimum atomic E-state index is -0.829. The van der Waals surface area contributed by atoms with Crippen LogP contribution in [0.1, 0.15) is 11.1 Å². The largest absolute Gasteiger partial charge is 0.480 e. The van der Waals surface area contributed by atoms with Crippen LogP contribution in [0.2, 0.25) is 0 Å². The molecule has 3 nitrogen and oxygen atoms in total. The maximum Gasteiger partial charge on any atom is 0.321 e. The topological polar surface area (TPSA) is 49.3 Å². The van der Waals surface area contributed by atoms with Crippen LogP contribution in [0.5, 0.6) is 0 Å². The quantitative estimate of drug-likeness (QED) is 0.684. The number of rotatable bonds is 7. The van der Waals surface area contributed by atoms with Crippen molar-refractivity contribution in [3.8, 4) is 11.1 Å². The van der Waals surface area contributed by atoms with Gasteiger partial charge in [0.2, 0.25) is 0 Å². The fourth-order valence-electron chi connectivity index (χ4n) is 2.78. The molecular formula is C22H21NO2. The maximum atomic E-state index is 11.5. The molecule has 3 aromatic rings. The molecule has 2 N–H and O–H groups in total. The summed E-state index contributed by atoms with van der Waals surface area (Å²) in [5.74, 6) is -0.829. The molecular weight excluding hydrogens is 310 g/mol. The summed E-state index contributed by atoms with van der Waals surface area (Å²) < 4.78 is 0. The average molecular weight is 331 g/mol. The first kappa shape index (κ1) is 16.9. The van der Waals surface area contributed by atoms with Gasteiger partial charge in [-0.25, -0.2) is 0 Å². The van der Waals surface area contributed by atoms with E-state index in [1.54, 1.807) is 0 Å². The number of hydrogen-bond donors (Lipinski definition) is 2. The second kappa shape index (κ2) is 8.27. The Morgan fingerprint density at radius 3 is 1.92 bits per heavy atom. The summed E-state index contributed by atoms with van der Waals surface area (Å²) in [6, 6.07) is 27.5. The van der Waals surface area contributed by atoms with Gasteiger partial charge in [0.1, 0.15) is 6.04 Å². The molecule has 0 aliphatic rings. The van der Waals surface area contributed by atoms with Crippen molar-refractivity contribution in [3.05, 3.63) is 96.1 Å². The predicted molar refractivity (Wildman–Crippen MR) is 100 cm³/mol. The van der Waals surface area contributed by atoms with E-state index in [0.29, 0.717) is 13.0 Å². The average Bonchev–Trinajstić information content (AvgIpc) is 2.67. The van der Waals surface area contributed by atoms with Crippen LogP contribution < -0.4 is 5.32 Å². The summed E-state index contributed by atoms with van der Waals surface area (Å²) in [6.45, 7) is 0.527. The molecule has 0 amide bonds. The van der Waals surface area contributed by atoms with Crippen molar-refractivity contribution in [2.24, 2.45) is 0 Å². The van der Waals surface area contributed by atoms with Crippen molar-refractivity contribution >= 4 is 5.97 Å². The fraction of sp³-hybridized carbons (Fsp3) is 0.136. The van der Waals surface area contributed by atoms with Crippen LogP contribution in [0.15, 0.2) is 84.9 Å². The van der Waals surface area contributed by atoms with E-state index < -0.39 is 12.0 Å². The van der Waals surface area contributed by atoms with Crippen LogP contribution in [0, 0.1) is 0 Å². The third kappa shape index (κ3) is 4.78. The first-order chi connectivity index (χ1) is 12.2. The molecule has 0 fully saturated rings. The van der Waals surface area contributed by atoms with E-state index in [1.807, 2.05) is 60.7 Å². The van der Waals surface area contributed by atoms with Gasteiger partial charge in [0.25, 0.3) is 0 Å². The standard InChI is InChI=1S/C22H21NO2/c24-22(25)21(15-17-7-3-1-4-8-17)23-16-18-11-13-20(14-12-18)19-9-5-2-6-10-19/h1-14,21,23H,15-16H2,(H,24,25). The van der Waals surface area contributed by atoms with Crippen LogP contribution in [-0.4, -0.2) is 17.1 Å². The number of nitrogens with one attached hydrogen (secondary N) is 1. The molecule has 0 aromatic heterocycles. The molecule has 1 atom stereocenters. The highest BCUT2D eigenvalue weighted by molar-refractivity contribution is 5.74. The van der Waals surface area contributed by atoms with Crippen molar-refractivity contribution in [2.45, 2.75) is 19.0 Å². The third-order valence-corrected chi connectivity index (χ3v) is 4.19. The molecule has 0 saturated carbocycles. The number of hydrogen-bond acceptors (Lipinski definition) is 2. The number of carboxylic acids is 1. The van der Waals surface area contributed by atoms with Crippen molar-refractivity contribution in [3.63, 3.8) is 0 Å². The van der Waals surface area contributed by atoms with Gasteiger partial charge in [0.05, 0.1) is 0 Å². The number of carbonyl (C=O) groups is 1. The zero-order chi connectivity index (χ0) is 17.5. The molecule has 0 radical (unpaired) electrons. The van der Waals surface area contributed by atoms with Crippen molar-refractivity contribution < 1.29 is 9.90 Å². The lowest BCUT2D eigenvalue weighted by atomic mass is 10.0. The highest BCUT2D eigenvalue weighted by Gasteiger charge is 2.17. The molecule has 0 spiro atoms. The molecule has 0 heterocycles. The highest BCUT2D eigenvalue weighted by Crippen LogP contribution is 2.19. The Morgan fingerprint density at radius 2 is 1.32 bits per heavy atom. The summed E-state index contributed by atoms with van der Waals surface area (Å²) in [7, 11) is 0. The molecule has 25 heavy (non-hydrogen) atoms. The zero-order valence-corrected chi connectivity index (χ0v) is 13.9. The Morgan fingerprint density at radius 1 is 0.760 bits per heavy atom. The van der Waals surface area contributed by atoms with Crippen LogP contribution in [0.4, 0.5) is 0 Å². The van der Waals surface area contributed by atoms with E-state index in [0.717, 1.165) is 16.7 Å². The van der Waals surface area contributed by atoms with E-state index in [9.17, 15) is 9.90 Å². The van der Waals surface area contributed by atoms with Crippen LogP contribution in [0.3, 0.4) is 0 Å². The summed E-state index contributed by atoms with van der Waals surface area (Å²) >= 11 is 0. The SMILES string of the molecule is O=C(O)C(Cc1ccccc1)NCc1ccc(-c2ccccc2)cc1. The summed E-state index contributed by atoms with van der Waals surface area (Å²) in [5, 5.41) is 12.6. The molecule has 3 heteroatoms. The number of aliphatic carboxylic acids is 1.